The first-order chi connectivity index (χ1) is 13.8. The fourth-order valence-corrected chi connectivity index (χ4v) is 2.72. The summed E-state index contributed by atoms with van der Waals surface area (Å²) in [4.78, 5) is 12.7. The number of nitrogens with zero attached hydrogens (tertiary/aromatic N) is 1. The Hall–Kier alpha value is -3.42. The van der Waals surface area contributed by atoms with Gasteiger partial charge in [-0.25, -0.2) is 0 Å². The summed E-state index contributed by atoms with van der Waals surface area (Å²) in [7, 11) is 0. The van der Waals surface area contributed by atoms with E-state index < -0.39 is 12.5 Å². The lowest BCUT2D eigenvalue weighted by atomic mass is 10.1. The maximum absolute atomic E-state index is 12.7. The molecule has 0 aliphatic carbocycles. The highest BCUT2D eigenvalue weighted by atomic mass is 19.3. The van der Waals surface area contributed by atoms with Crippen LogP contribution in [0.5, 0.6) is 11.5 Å². The number of carbonyl (C=O) groups is 1. The molecule has 29 heavy (non-hydrogen) atoms. The van der Waals surface area contributed by atoms with Gasteiger partial charge in [0, 0.05) is 0 Å². The third kappa shape index (κ3) is 5.10. The maximum Gasteiger partial charge on any atom is 0.387 e. The Kier molecular flexibility index (Phi) is 6.11. The van der Waals surface area contributed by atoms with Crippen LogP contribution in [0, 0.1) is 20.8 Å². The van der Waals surface area contributed by atoms with Crippen LogP contribution < -0.4 is 14.8 Å². The minimum Gasteiger partial charge on any atom is -0.489 e. The Bertz CT molecular complexity index is 1020. The predicted octanol–water partition coefficient (Wildman–Crippen LogP) is 5.03. The lowest BCUT2D eigenvalue weighted by Gasteiger charge is -2.12. The van der Waals surface area contributed by atoms with Crippen molar-refractivity contribution in [2.75, 3.05) is 5.32 Å². The summed E-state index contributed by atoms with van der Waals surface area (Å²) in [6, 6.07) is 12.0. The van der Waals surface area contributed by atoms with E-state index in [-0.39, 0.29) is 23.7 Å². The number of halogens is 2. The number of anilines is 1. The van der Waals surface area contributed by atoms with Gasteiger partial charge in [0.25, 0.3) is 5.91 Å². The van der Waals surface area contributed by atoms with Crippen molar-refractivity contribution in [1.29, 1.82) is 0 Å². The molecule has 1 amide bonds. The van der Waals surface area contributed by atoms with Crippen molar-refractivity contribution in [3.8, 4) is 11.5 Å². The molecule has 6 nitrogen and oxygen atoms in total. The van der Waals surface area contributed by atoms with Crippen molar-refractivity contribution < 1.29 is 27.6 Å². The molecular formula is C21H20F2N2O4. The lowest BCUT2D eigenvalue weighted by molar-refractivity contribution is -0.0493. The Morgan fingerprint density at radius 3 is 2.62 bits per heavy atom. The van der Waals surface area contributed by atoms with Crippen molar-refractivity contribution >= 4 is 11.6 Å². The van der Waals surface area contributed by atoms with E-state index in [1.54, 1.807) is 26.0 Å². The van der Waals surface area contributed by atoms with Crippen molar-refractivity contribution in [1.82, 2.24) is 5.16 Å². The molecule has 0 saturated carbocycles. The number of carbonyl (C=O) groups excluding carboxylic acids is 1. The second-order valence-electron chi connectivity index (χ2n) is 6.50. The quantitative estimate of drug-likeness (QED) is 0.600. The molecule has 152 valence electrons. The Morgan fingerprint density at radius 1 is 1.14 bits per heavy atom. The standard InChI is InChI=1S/C21H20F2N2O4/c1-12-5-4-6-15(9-12)27-11-16-14(3)29-25-19(16)20(26)24-17-10-13(2)7-8-18(17)28-21(22)23/h4-10,21H,11H2,1-3H3,(H,24,26). The first kappa shape index (κ1) is 20.3. The lowest BCUT2D eigenvalue weighted by Crippen LogP contribution is -2.17. The summed E-state index contributed by atoms with van der Waals surface area (Å²) in [5.41, 5.74) is 2.39. The van der Waals surface area contributed by atoms with E-state index in [1.807, 2.05) is 25.1 Å². The molecule has 0 spiro atoms. The van der Waals surface area contributed by atoms with Crippen molar-refractivity contribution in [2.24, 2.45) is 0 Å². The number of alkyl halides is 2. The second-order valence-corrected chi connectivity index (χ2v) is 6.50. The highest BCUT2D eigenvalue weighted by Crippen LogP contribution is 2.28. The number of aryl methyl sites for hydroxylation is 3. The maximum atomic E-state index is 12.7. The number of hydrogen-bond acceptors (Lipinski definition) is 5. The van der Waals surface area contributed by atoms with Crippen molar-refractivity contribution in [3.63, 3.8) is 0 Å². The van der Waals surface area contributed by atoms with Gasteiger partial charge < -0.3 is 19.3 Å². The fourth-order valence-electron chi connectivity index (χ4n) is 2.72. The van der Waals surface area contributed by atoms with E-state index in [2.05, 4.69) is 15.2 Å². The Morgan fingerprint density at radius 2 is 1.90 bits per heavy atom. The van der Waals surface area contributed by atoms with E-state index in [0.717, 1.165) is 11.1 Å². The Balaban J connectivity index is 1.79. The molecule has 1 heterocycles. The summed E-state index contributed by atoms with van der Waals surface area (Å²) in [5.74, 6) is 0.311. The third-order valence-electron chi connectivity index (χ3n) is 4.17. The topological polar surface area (TPSA) is 73.6 Å². The molecule has 0 radical (unpaired) electrons. The molecule has 3 rings (SSSR count). The Labute approximate surface area is 166 Å². The van der Waals surface area contributed by atoms with Gasteiger partial charge in [0.15, 0.2) is 5.69 Å². The van der Waals surface area contributed by atoms with Crippen LogP contribution in [0.15, 0.2) is 47.0 Å². The molecule has 0 unspecified atom stereocenters. The number of rotatable bonds is 7. The second kappa shape index (κ2) is 8.72. The largest absolute Gasteiger partial charge is 0.489 e. The van der Waals surface area contributed by atoms with Gasteiger partial charge in [-0.1, -0.05) is 23.4 Å². The molecular weight excluding hydrogens is 382 g/mol. The van der Waals surface area contributed by atoms with Crippen LogP contribution in [0.4, 0.5) is 14.5 Å². The van der Waals surface area contributed by atoms with Crippen LogP contribution in [0.2, 0.25) is 0 Å². The van der Waals surface area contributed by atoms with E-state index in [1.165, 1.54) is 12.1 Å². The molecule has 8 heteroatoms. The van der Waals surface area contributed by atoms with E-state index in [9.17, 15) is 13.6 Å². The normalized spacial score (nSPS) is 10.8. The van der Waals surface area contributed by atoms with E-state index in [4.69, 9.17) is 9.26 Å². The number of ether oxygens (including phenoxy) is 2. The third-order valence-corrected chi connectivity index (χ3v) is 4.17. The van der Waals surface area contributed by atoms with Crippen LogP contribution in [0.3, 0.4) is 0 Å². The average Bonchev–Trinajstić information content (AvgIpc) is 3.02. The molecule has 0 aliphatic heterocycles. The van der Waals surface area contributed by atoms with Crippen LogP contribution in [-0.4, -0.2) is 17.7 Å². The predicted molar refractivity (Wildman–Crippen MR) is 103 cm³/mol. The highest BCUT2D eigenvalue weighted by Gasteiger charge is 2.22. The summed E-state index contributed by atoms with van der Waals surface area (Å²) < 4.78 is 40.6. The highest BCUT2D eigenvalue weighted by molar-refractivity contribution is 6.04. The average molecular weight is 402 g/mol. The zero-order chi connectivity index (χ0) is 21.0. The number of hydrogen-bond donors (Lipinski definition) is 1. The smallest absolute Gasteiger partial charge is 0.387 e. The van der Waals surface area contributed by atoms with Gasteiger partial charge in [0.05, 0.1) is 11.3 Å². The summed E-state index contributed by atoms with van der Waals surface area (Å²) in [6.07, 6.45) is 0. The molecule has 0 saturated heterocycles. The van der Waals surface area contributed by atoms with Crippen LogP contribution in [-0.2, 0) is 6.61 Å². The monoisotopic (exact) mass is 402 g/mol. The van der Waals surface area contributed by atoms with E-state index in [0.29, 0.717) is 17.1 Å². The van der Waals surface area contributed by atoms with Crippen molar-refractivity contribution in [2.45, 2.75) is 34.0 Å². The zero-order valence-electron chi connectivity index (χ0n) is 16.2. The number of benzene rings is 2. The molecule has 1 N–H and O–H groups in total. The molecule has 1 aromatic heterocycles. The fraction of sp³-hybridized carbons (Fsp3) is 0.238. The summed E-state index contributed by atoms with van der Waals surface area (Å²) in [5, 5.41) is 6.36. The minimum absolute atomic E-state index is 0.0136. The molecule has 0 atom stereocenters. The molecule has 3 aromatic rings. The number of aromatic nitrogens is 1. The van der Waals surface area contributed by atoms with Crippen LogP contribution in [0.25, 0.3) is 0 Å². The van der Waals surface area contributed by atoms with Gasteiger partial charge in [0.1, 0.15) is 23.9 Å². The molecule has 0 aliphatic rings. The zero-order valence-corrected chi connectivity index (χ0v) is 16.2. The van der Waals surface area contributed by atoms with Gasteiger partial charge in [-0.05, 0) is 56.2 Å². The SMILES string of the molecule is Cc1cccc(OCc2c(C(=O)Nc3cc(C)ccc3OC(F)F)noc2C)c1. The van der Waals surface area contributed by atoms with Gasteiger partial charge in [-0.15, -0.1) is 0 Å². The molecule has 2 aromatic carbocycles. The molecule has 0 fully saturated rings. The van der Waals surface area contributed by atoms with Gasteiger partial charge in [-0.2, -0.15) is 8.78 Å². The molecule has 0 bridgehead atoms. The number of amides is 1. The van der Waals surface area contributed by atoms with Crippen LogP contribution >= 0.6 is 0 Å². The van der Waals surface area contributed by atoms with Gasteiger partial charge in [0.2, 0.25) is 0 Å². The van der Waals surface area contributed by atoms with Crippen LogP contribution in [0.1, 0.15) is 32.9 Å². The van der Waals surface area contributed by atoms with Crippen molar-refractivity contribution in [3.05, 3.63) is 70.6 Å². The first-order valence-electron chi connectivity index (χ1n) is 8.85. The van der Waals surface area contributed by atoms with Gasteiger partial charge >= 0.3 is 6.61 Å². The number of nitrogens with one attached hydrogen (secondary N) is 1. The summed E-state index contributed by atoms with van der Waals surface area (Å²) >= 11 is 0. The minimum atomic E-state index is -3.01. The van der Waals surface area contributed by atoms with E-state index >= 15 is 0 Å². The van der Waals surface area contributed by atoms with Gasteiger partial charge in [-0.3, -0.25) is 4.79 Å². The first-order valence-corrected chi connectivity index (χ1v) is 8.85. The summed E-state index contributed by atoms with van der Waals surface area (Å²) in [6.45, 7) is 2.42.